The van der Waals surface area contributed by atoms with Crippen LogP contribution in [0.5, 0.6) is 0 Å². The lowest BCUT2D eigenvalue weighted by Crippen LogP contribution is -2.50. The van der Waals surface area contributed by atoms with E-state index >= 15 is 0 Å². The van der Waals surface area contributed by atoms with Gasteiger partial charge >= 0.3 is 0 Å². The Morgan fingerprint density at radius 2 is 2.45 bits per heavy atom. The molecule has 1 amide bonds. The average Bonchev–Trinajstić information content (AvgIpc) is 2.41. The van der Waals surface area contributed by atoms with Gasteiger partial charge in [-0.3, -0.25) is 9.78 Å². The van der Waals surface area contributed by atoms with Crippen molar-refractivity contribution in [1.29, 1.82) is 0 Å². The van der Waals surface area contributed by atoms with Gasteiger partial charge in [-0.05, 0) is 25.5 Å². The highest BCUT2D eigenvalue weighted by atomic mass is 35.5. The molecule has 0 aromatic carbocycles. The predicted octanol–water partition coefficient (Wildman–Crippen LogP) is 1.28. The van der Waals surface area contributed by atoms with Crippen LogP contribution in [0.15, 0.2) is 18.3 Å². The summed E-state index contributed by atoms with van der Waals surface area (Å²) in [7, 11) is 0. The second-order valence-electron chi connectivity index (χ2n) is 5.05. The van der Waals surface area contributed by atoms with E-state index in [1.807, 2.05) is 0 Å². The summed E-state index contributed by atoms with van der Waals surface area (Å²) in [6.45, 7) is 3.29. The Morgan fingerprint density at radius 1 is 1.65 bits per heavy atom. The standard InChI is InChI=1S/C14H19ClN2O3/c1-10(18)6-13-9-20-5-4-17(13)14(19)7-12-3-2-11(15)8-16-12/h2-3,8,10,13,18H,4-7,9H2,1H3. The first-order valence-corrected chi connectivity index (χ1v) is 7.10. The highest BCUT2D eigenvalue weighted by molar-refractivity contribution is 6.30. The maximum atomic E-state index is 12.4. The number of aliphatic hydroxyl groups excluding tert-OH is 1. The molecule has 1 aliphatic rings. The fourth-order valence-electron chi connectivity index (χ4n) is 2.34. The van der Waals surface area contributed by atoms with Crippen molar-refractivity contribution in [2.75, 3.05) is 19.8 Å². The zero-order valence-electron chi connectivity index (χ0n) is 11.5. The van der Waals surface area contributed by atoms with Crippen molar-refractivity contribution in [2.24, 2.45) is 0 Å². The number of rotatable bonds is 4. The number of aromatic nitrogens is 1. The van der Waals surface area contributed by atoms with E-state index in [4.69, 9.17) is 16.3 Å². The average molecular weight is 299 g/mol. The number of halogens is 1. The van der Waals surface area contributed by atoms with Crippen LogP contribution in [0.1, 0.15) is 19.0 Å². The fraction of sp³-hybridized carbons (Fsp3) is 0.571. The molecule has 110 valence electrons. The Labute approximate surface area is 123 Å². The molecule has 1 N–H and O–H groups in total. The quantitative estimate of drug-likeness (QED) is 0.909. The molecule has 1 aliphatic heterocycles. The van der Waals surface area contributed by atoms with Crippen LogP contribution in [0.3, 0.4) is 0 Å². The third-order valence-electron chi connectivity index (χ3n) is 3.28. The van der Waals surface area contributed by atoms with Crippen LogP contribution < -0.4 is 0 Å². The molecule has 2 atom stereocenters. The van der Waals surface area contributed by atoms with E-state index in [1.54, 1.807) is 24.0 Å². The minimum atomic E-state index is -0.453. The SMILES string of the molecule is CC(O)CC1COCCN1C(=O)Cc1ccc(Cl)cn1. The van der Waals surface area contributed by atoms with Gasteiger partial charge in [0.25, 0.3) is 0 Å². The molecule has 0 radical (unpaired) electrons. The zero-order valence-corrected chi connectivity index (χ0v) is 12.2. The molecule has 2 rings (SSSR count). The molecule has 6 heteroatoms. The summed E-state index contributed by atoms with van der Waals surface area (Å²) < 4.78 is 5.39. The van der Waals surface area contributed by atoms with Gasteiger partial charge in [-0.2, -0.15) is 0 Å². The van der Waals surface area contributed by atoms with Crippen molar-refractivity contribution in [1.82, 2.24) is 9.88 Å². The number of hydrogen-bond donors (Lipinski definition) is 1. The van der Waals surface area contributed by atoms with Crippen LogP contribution in [0.4, 0.5) is 0 Å². The summed E-state index contributed by atoms with van der Waals surface area (Å²) in [6.07, 6.45) is 1.86. The number of carbonyl (C=O) groups excluding carboxylic acids is 1. The third kappa shape index (κ3) is 4.16. The first-order chi connectivity index (χ1) is 9.56. The summed E-state index contributed by atoms with van der Waals surface area (Å²) in [5, 5.41) is 10.1. The Morgan fingerprint density at radius 3 is 3.10 bits per heavy atom. The molecule has 1 saturated heterocycles. The topological polar surface area (TPSA) is 62.7 Å². The Bertz CT molecular complexity index is 450. The van der Waals surface area contributed by atoms with E-state index in [0.717, 1.165) is 0 Å². The van der Waals surface area contributed by atoms with Gasteiger partial charge in [-0.15, -0.1) is 0 Å². The van der Waals surface area contributed by atoms with E-state index in [9.17, 15) is 9.90 Å². The van der Waals surface area contributed by atoms with Crippen LogP contribution in [-0.2, 0) is 16.0 Å². The molecule has 1 aromatic rings. The van der Waals surface area contributed by atoms with E-state index in [2.05, 4.69) is 4.98 Å². The van der Waals surface area contributed by atoms with E-state index < -0.39 is 6.10 Å². The van der Waals surface area contributed by atoms with Gasteiger partial charge in [-0.25, -0.2) is 0 Å². The number of aliphatic hydroxyl groups is 1. The fourth-order valence-corrected chi connectivity index (χ4v) is 2.45. The molecular formula is C14H19ClN2O3. The van der Waals surface area contributed by atoms with Crippen molar-refractivity contribution < 1.29 is 14.6 Å². The summed E-state index contributed by atoms with van der Waals surface area (Å²) in [6, 6.07) is 3.41. The van der Waals surface area contributed by atoms with Gasteiger partial charge in [0.2, 0.25) is 5.91 Å². The van der Waals surface area contributed by atoms with Gasteiger partial charge in [0.05, 0.1) is 36.8 Å². The van der Waals surface area contributed by atoms with Gasteiger partial charge in [0.15, 0.2) is 0 Å². The maximum absolute atomic E-state index is 12.4. The Kier molecular flexibility index (Phi) is 5.34. The number of hydrogen-bond acceptors (Lipinski definition) is 4. The van der Waals surface area contributed by atoms with Crippen LogP contribution in [0.25, 0.3) is 0 Å². The second-order valence-corrected chi connectivity index (χ2v) is 5.48. The van der Waals surface area contributed by atoms with Crippen molar-refractivity contribution in [3.63, 3.8) is 0 Å². The lowest BCUT2D eigenvalue weighted by Gasteiger charge is -2.36. The Hall–Kier alpha value is -1.17. The van der Waals surface area contributed by atoms with E-state index in [0.29, 0.717) is 36.9 Å². The molecule has 0 bridgehead atoms. The smallest absolute Gasteiger partial charge is 0.228 e. The number of morpholine rings is 1. The Balaban J connectivity index is 2.00. The van der Waals surface area contributed by atoms with E-state index in [1.165, 1.54) is 6.20 Å². The third-order valence-corrected chi connectivity index (χ3v) is 3.51. The van der Waals surface area contributed by atoms with Crippen molar-refractivity contribution >= 4 is 17.5 Å². The number of ether oxygens (including phenoxy) is 1. The maximum Gasteiger partial charge on any atom is 0.228 e. The summed E-state index contributed by atoms with van der Waals surface area (Å²) in [5.41, 5.74) is 0.696. The van der Waals surface area contributed by atoms with Gasteiger partial charge in [-0.1, -0.05) is 11.6 Å². The minimum absolute atomic E-state index is 0.00812. The van der Waals surface area contributed by atoms with Crippen molar-refractivity contribution in [3.8, 4) is 0 Å². The highest BCUT2D eigenvalue weighted by Gasteiger charge is 2.28. The summed E-state index contributed by atoms with van der Waals surface area (Å²) in [5.74, 6) is 0.00812. The number of pyridine rings is 1. The summed E-state index contributed by atoms with van der Waals surface area (Å²) in [4.78, 5) is 18.3. The van der Waals surface area contributed by atoms with Crippen LogP contribution in [0, 0.1) is 0 Å². The van der Waals surface area contributed by atoms with Crippen LogP contribution >= 0.6 is 11.6 Å². The monoisotopic (exact) mass is 298 g/mol. The first-order valence-electron chi connectivity index (χ1n) is 6.72. The van der Waals surface area contributed by atoms with Crippen molar-refractivity contribution in [2.45, 2.75) is 31.9 Å². The molecule has 2 heterocycles. The molecular weight excluding hydrogens is 280 g/mol. The van der Waals surface area contributed by atoms with Gasteiger partial charge in [0, 0.05) is 18.4 Å². The van der Waals surface area contributed by atoms with E-state index in [-0.39, 0.29) is 18.4 Å². The number of nitrogens with zero attached hydrogens (tertiary/aromatic N) is 2. The first kappa shape index (κ1) is 15.2. The molecule has 1 aromatic heterocycles. The molecule has 20 heavy (non-hydrogen) atoms. The zero-order chi connectivity index (χ0) is 14.5. The molecule has 5 nitrogen and oxygen atoms in total. The normalized spacial score (nSPS) is 20.8. The largest absolute Gasteiger partial charge is 0.393 e. The molecule has 2 unspecified atom stereocenters. The number of carbonyl (C=O) groups is 1. The highest BCUT2D eigenvalue weighted by Crippen LogP contribution is 2.15. The van der Waals surface area contributed by atoms with Gasteiger partial charge < -0.3 is 14.7 Å². The number of amides is 1. The molecule has 0 aliphatic carbocycles. The molecule has 0 saturated carbocycles. The van der Waals surface area contributed by atoms with Crippen molar-refractivity contribution in [3.05, 3.63) is 29.0 Å². The minimum Gasteiger partial charge on any atom is -0.393 e. The predicted molar refractivity (Wildman–Crippen MR) is 75.6 cm³/mol. The van der Waals surface area contributed by atoms with Crippen LogP contribution in [-0.4, -0.2) is 52.8 Å². The van der Waals surface area contributed by atoms with Gasteiger partial charge in [0.1, 0.15) is 0 Å². The lowest BCUT2D eigenvalue weighted by molar-refractivity contribution is -0.140. The molecule has 0 spiro atoms. The second kappa shape index (κ2) is 7.02. The van der Waals surface area contributed by atoms with Crippen LogP contribution in [0.2, 0.25) is 5.02 Å². The molecule has 1 fully saturated rings. The lowest BCUT2D eigenvalue weighted by atomic mass is 10.1. The summed E-state index contributed by atoms with van der Waals surface area (Å²) >= 11 is 5.78.